The van der Waals surface area contributed by atoms with Crippen molar-refractivity contribution in [2.75, 3.05) is 6.61 Å². The average molecular weight is 220 g/mol. The van der Waals surface area contributed by atoms with Gasteiger partial charge in [0.15, 0.2) is 0 Å². The Morgan fingerprint density at radius 3 is 2.75 bits per heavy atom. The van der Waals surface area contributed by atoms with Gasteiger partial charge in [0.1, 0.15) is 0 Å². The van der Waals surface area contributed by atoms with E-state index in [1.54, 1.807) is 0 Å². The number of hydrogen-bond donors (Lipinski definition) is 1. The van der Waals surface area contributed by atoms with Crippen molar-refractivity contribution in [2.45, 2.75) is 40.0 Å². The van der Waals surface area contributed by atoms with Crippen molar-refractivity contribution < 1.29 is 5.11 Å². The van der Waals surface area contributed by atoms with Gasteiger partial charge in [-0.25, -0.2) is 0 Å². The lowest BCUT2D eigenvalue weighted by molar-refractivity contribution is 0.235. The third kappa shape index (κ3) is 1.98. The highest BCUT2D eigenvalue weighted by molar-refractivity contribution is 5.39. The first-order valence-corrected chi connectivity index (χ1v) is 6.47. The van der Waals surface area contributed by atoms with E-state index in [-0.39, 0.29) is 6.61 Å². The first kappa shape index (κ1) is 11.9. The van der Waals surface area contributed by atoms with E-state index in [1.807, 2.05) is 0 Å². The van der Waals surface area contributed by atoms with E-state index in [9.17, 15) is 5.11 Å². The van der Waals surface area contributed by atoms with Gasteiger partial charge in [-0.3, -0.25) is 0 Å². The van der Waals surface area contributed by atoms with E-state index < -0.39 is 0 Å². The second-order valence-electron chi connectivity index (χ2n) is 6.36. The fourth-order valence-corrected chi connectivity index (χ4v) is 3.38. The molecule has 2 aliphatic carbocycles. The quantitative estimate of drug-likeness (QED) is 0.716. The molecule has 1 heteroatoms. The molecule has 0 amide bonds. The first-order chi connectivity index (χ1) is 7.44. The van der Waals surface area contributed by atoms with E-state index in [1.165, 1.54) is 24.0 Å². The van der Waals surface area contributed by atoms with Crippen LogP contribution in [0.25, 0.3) is 0 Å². The van der Waals surface area contributed by atoms with Gasteiger partial charge in [0.2, 0.25) is 0 Å². The molecule has 1 fully saturated rings. The second-order valence-corrected chi connectivity index (χ2v) is 6.36. The highest BCUT2D eigenvalue weighted by atomic mass is 16.3. The summed E-state index contributed by atoms with van der Waals surface area (Å²) in [4.78, 5) is 0. The number of aliphatic hydroxyl groups excluding tert-OH is 1. The number of rotatable bonds is 1. The van der Waals surface area contributed by atoms with Crippen LogP contribution in [0.1, 0.15) is 40.0 Å². The van der Waals surface area contributed by atoms with E-state index in [2.05, 4.69) is 33.4 Å². The van der Waals surface area contributed by atoms with Crippen LogP contribution >= 0.6 is 0 Å². The minimum Gasteiger partial charge on any atom is -0.396 e. The van der Waals surface area contributed by atoms with Crippen molar-refractivity contribution in [2.24, 2.45) is 23.2 Å². The molecule has 0 spiro atoms. The first-order valence-electron chi connectivity index (χ1n) is 6.47. The summed E-state index contributed by atoms with van der Waals surface area (Å²) in [6.07, 6.45) is 5.98. The number of fused-ring (bicyclic) bond motifs is 1. The van der Waals surface area contributed by atoms with Crippen LogP contribution < -0.4 is 0 Å². The van der Waals surface area contributed by atoms with Gasteiger partial charge in [-0.1, -0.05) is 33.4 Å². The topological polar surface area (TPSA) is 20.2 Å². The molecule has 1 N–H and O–H groups in total. The molecule has 0 aromatic carbocycles. The molecule has 3 unspecified atom stereocenters. The minimum atomic E-state index is 0.260. The molecule has 0 heterocycles. The minimum absolute atomic E-state index is 0.260. The molecule has 0 bridgehead atoms. The molecule has 2 rings (SSSR count). The number of allylic oxidation sites excluding steroid dienone is 2. The lowest BCUT2D eigenvalue weighted by Gasteiger charge is -2.22. The van der Waals surface area contributed by atoms with E-state index in [4.69, 9.17) is 0 Å². The summed E-state index contributed by atoms with van der Waals surface area (Å²) in [5.74, 6) is 1.72. The van der Waals surface area contributed by atoms with Crippen LogP contribution in [0.3, 0.4) is 0 Å². The zero-order valence-electron chi connectivity index (χ0n) is 10.8. The summed E-state index contributed by atoms with van der Waals surface area (Å²) in [6.45, 7) is 11.5. The van der Waals surface area contributed by atoms with Gasteiger partial charge < -0.3 is 5.11 Å². The van der Waals surface area contributed by atoms with Gasteiger partial charge in [0, 0.05) is 12.5 Å². The van der Waals surface area contributed by atoms with Gasteiger partial charge in [-0.2, -0.15) is 0 Å². The second kappa shape index (κ2) is 4.03. The SMILES string of the molecule is C=C1C2=CC(C)(C)CC2C(C)CCC1CO. The fourth-order valence-electron chi connectivity index (χ4n) is 3.38. The molecule has 16 heavy (non-hydrogen) atoms. The molecule has 0 aromatic rings. The molecule has 0 radical (unpaired) electrons. The zero-order valence-corrected chi connectivity index (χ0v) is 10.8. The van der Waals surface area contributed by atoms with Crippen molar-refractivity contribution in [3.8, 4) is 0 Å². The van der Waals surface area contributed by atoms with Gasteiger partial charge in [0.05, 0.1) is 0 Å². The third-order valence-electron chi connectivity index (χ3n) is 4.43. The Hall–Kier alpha value is -0.560. The summed E-state index contributed by atoms with van der Waals surface area (Å²) in [5.41, 5.74) is 2.98. The van der Waals surface area contributed by atoms with Gasteiger partial charge in [-0.15, -0.1) is 0 Å². The largest absolute Gasteiger partial charge is 0.396 e. The maximum Gasteiger partial charge on any atom is 0.0499 e. The molecule has 1 nitrogen and oxygen atoms in total. The highest BCUT2D eigenvalue weighted by Gasteiger charge is 2.39. The van der Waals surface area contributed by atoms with Crippen molar-refractivity contribution in [1.29, 1.82) is 0 Å². The number of hydrogen-bond acceptors (Lipinski definition) is 1. The van der Waals surface area contributed by atoms with Crippen molar-refractivity contribution >= 4 is 0 Å². The van der Waals surface area contributed by atoms with Crippen molar-refractivity contribution in [3.63, 3.8) is 0 Å². The summed E-state index contributed by atoms with van der Waals surface area (Å²) in [7, 11) is 0. The van der Waals surface area contributed by atoms with Crippen molar-refractivity contribution in [1.82, 2.24) is 0 Å². The Kier molecular flexibility index (Phi) is 3.00. The fraction of sp³-hybridized carbons (Fsp3) is 0.733. The summed E-state index contributed by atoms with van der Waals surface area (Å²) in [5, 5.41) is 9.43. The predicted octanol–water partition coefficient (Wildman–Crippen LogP) is 3.55. The molecule has 1 saturated carbocycles. The van der Waals surface area contributed by atoms with Crippen LogP contribution in [0.2, 0.25) is 0 Å². The van der Waals surface area contributed by atoms with Gasteiger partial charge in [0.25, 0.3) is 0 Å². The molecular weight excluding hydrogens is 196 g/mol. The lowest BCUT2D eigenvalue weighted by atomic mass is 9.82. The zero-order chi connectivity index (χ0) is 11.9. The van der Waals surface area contributed by atoms with Crippen LogP contribution in [-0.4, -0.2) is 11.7 Å². The Bertz CT molecular complexity index is 324. The van der Waals surface area contributed by atoms with E-state index >= 15 is 0 Å². The predicted molar refractivity (Wildman–Crippen MR) is 68.1 cm³/mol. The Labute approximate surface area is 99.3 Å². The normalized spacial score (nSPS) is 37.9. The van der Waals surface area contributed by atoms with Crippen LogP contribution in [0.15, 0.2) is 23.8 Å². The monoisotopic (exact) mass is 220 g/mol. The van der Waals surface area contributed by atoms with Crippen LogP contribution in [0.5, 0.6) is 0 Å². The maximum atomic E-state index is 9.43. The standard InChI is InChI=1S/C15H24O/c1-10-5-6-12(9-16)11(2)14-8-15(3,4)7-13(10)14/h8,10,12-13,16H,2,5-7,9H2,1,3-4H3. The Morgan fingerprint density at radius 1 is 1.44 bits per heavy atom. The molecule has 3 atom stereocenters. The van der Waals surface area contributed by atoms with Gasteiger partial charge >= 0.3 is 0 Å². The summed E-state index contributed by atoms with van der Waals surface area (Å²) < 4.78 is 0. The van der Waals surface area contributed by atoms with E-state index in [0.717, 1.165) is 12.3 Å². The van der Waals surface area contributed by atoms with Crippen LogP contribution in [0.4, 0.5) is 0 Å². The maximum absolute atomic E-state index is 9.43. The number of aliphatic hydroxyl groups is 1. The van der Waals surface area contributed by atoms with Crippen molar-refractivity contribution in [3.05, 3.63) is 23.8 Å². The lowest BCUT2D eigenvalue weighted by Crippen LogP contribution is -2.13. The summed E-state index contributed by atoms with van der Waals surface area (Å²) in [6, 6.07) is 0. The van der Waals surface area contributed by atoms with Gasteiger partial charge in [-0.05, 0) is 47.7 Å². The van der Waals surface area contributed by atoms with Crippen LogP contribution in [-0.2, 0) is 0 Å². The average Bonchev–Trinajstić information content (AvgIpc) is 2.50. The van der Waals surface area contributed by atoms with E-state index in [0.29, 0.717) is 17.3 Å². The Morgan fingerprint density at radius 2 is 2.12 bits per heavy atom. The molecule has 0 aliphatic heterocycles. The Balaban J connectivity index is 2.33. The highest BCUT2D eigenvalue weighted by Crippen LogP contribution is 2.50. The summed E-state index contributed by atoms with van der Waals surface area (Å²) >= 11 is 0. The molecule has 0 saturated heterocycles. The molecule has 90 valence electrons. The third-order valence-corrected chi connectivity index (χ3v) is 4.43. The smallest absolute Gasteiger partial charge is 0.0499 e. The molecular formula is C15H24O. The molecule has 0 aromatic heterocycles. The molecule has 2 aliphatic rings. The van der Waals surface area contributed by atoms with Crippen LogP contribution in [0, 0.1) is 23.2 Å².